The van der Waals surface area contributed by atoms with Crippen LogP contribution >= 0.6 is 11.6 Å². The van der Waals surface area contributed by atoms with Gasteiger partial charge in [-0.15, -0.1) is 0 Å². The van der Waals surface area contributed by atoms with Crippen molar-refractivity contribution in [3.8, 4) is 11.6 Å². The molecule has 1 atom stereocenters. The second kappa shape index (κ2) is 7.08. The van der Waals surface area contributed by atoms with E-state index in [1.54, 1.807) is 0 Å². The predicted octanol–water partition coefficient (Wildman–Crippen LogP) is 4.84. The van der Waals surface area contributed by atoms with Gasteiger partial charge in [-0.2, -0.15) is 0 Å². The first-order valence-electron chi connectivity index (χ1n) is 9.05. The maximum atomic E-state index is 6.21. The number of nitrogen functional groups attached to an aromatic ring is 1. The van der Waals surface area contributed by atoms with Gasteiger partial charge in [0.1, 0.15) is 17.9 Å². The molecule has 0 saturated carbocycles. The zero-order valence-electron chi connectivity index (χ0n) is 15.3. The Morgan fingerprint density at radius 3 is 2.52 bits per heavy atom. The molecule has 1 aromatic heterocycles. The van der Waals surface area contributed by atoms with E-state index < -0.39 is 0 Å². The minimum Gasteiger partial charge on any atom is -0.438 e. The molecule has 0 fully saturated rings. The molecule has 2 aromatic carbocycles. The molecular weight excluding hydrogens is 360 g/mol. The topological polar surface area (TPSA) is 64.3 Å². The molecule has 6 heteroatoms. The highest BCUT2D eigenvalue weighted by molar-refractivity contribution is 6.30. The Morgan fingerprint density at radius 2 is 1.81 bits per heavy atom. The summed E-state index contributed by atoms with van der Waals surface area (Å²) in [6.07, 6.45) is 1.44. The molecule has 0 spiro atoms. The monoisotopic (exact) mass is 380 g/mol. The molecule has 5 nitrogen and oxygen atoms in total. The highest BCUT2D eigenvalue weighted by atomic mass is 35.5. The number of anilines is 2. The summed E-state index contributed by atoms with van der Waals surface area (Å²) >= 11 is 6.09. The quantitative estimate of drug-likeness (QED) is 0.548. The van der Waals surface area contributed by atoms with Gasteiger partial charge in [0.05, 0.1) is 5.56 Å². The summed E-state index contributed by atoms with van der Waals surface area (Å²) in [5, 5.41) is 0.695. The van der Waals surface area contributed by atoms with Crippen molar-refractivity contribution in [1.29, 1.82) is 0 Å². The fourth-order valence-corrected chi connectivity index (χ4v) is 3.77. The lowest BCUT2D eigenvalue weighted by Crippen LogP contribution is -2.22. The van der Waals surface area contributed by atoms with Crippen molar-refractivity contribution in [2.75, 3.05) is 23.7 Å². The molecule has 0 saturated heterocycles. The number of ether oxygens (including phenoxy) is 1. The van der Waals surface area contributed by atoms with Crippen molar-refractivity contribution in [3.05, 3.63) is 70.5 Å². The third-order valence-electron chi connectivity index (χ3n) is 5.01. The lowest BCUT2D eigenvalue weighted by atomic mass is 9.83. The lowest BCUT2D eigenvalue weighted by Gasteiger charge is -2.30. The van der Waals surface area contributed by atoms with Crippen LogP contribution in [-0.4, -0.2) is 23.1 Å². The molecule has 3 aromatic rings. The summed E-state index contributed by atoms with van der Waals surface area (Å²) in [6.45, 7) is 6.15. The van der Waals surface area contributed by atoms with Crippen LogP contribution in [0.25, 0.3) is 0 Å². The first-order chi connectivity index (χ1) is 13.1. The van der Waals surface area contributed by atoms with Crippen molar-refractivity contribution in [2.45, 2.75) is 19.8 Å². The molecule has 0 bridgehead atoms. The van der Waals surface area contributed by atoms with E-state index in [-0.39, 0.29) is 5.92 Å². The maximum Gasteiger partial charge on any atom is 0.228 e. The van der Waals surface area contributed by atoms with E-state index in [9.17, 15) is 0 Å². The number of fused-ring (bicyclic) bond motifs is 2. The number of hydrogen-bond donors (Lipinski definition) is 1. The number of nitrogens with two attached hydrogens (primary N) is 1. The standard InChI is InChI=1S/C21H21ClN4O/c1-3-26(4-2)15-9-10-16-17(11-15)27-21-19(20(23)24-12-25-21)18(16)13-5-7-14(22)8-6-13/h5-12,18H,3-4H2,1-2H3,(H2,23,24,25). The number of nitrogens with zero attached hydrogens (tertiary/aromatic N) is 3. The van der Waals surface area contributed by atoms with Gasteiger partial charge in [-0.05, 0) is 37.6 Å². The van der Waals surface area contributed by atoms with E-state index in [0.29, 0.717) is 16.7 Å². The second-order valence-electron chi connectivity index (χ2n) is 6.46. The first kappa shape index (κ1) is 17.6. The summed E-state index contributed by atoms with van der Waals surface area (Å²) < 4.78 is 6.13. The molecule has 0 radical (unpaired) electrons. The molecule has 1 aliphatic heterocycles. The van der Waals surface area contributed by atoms with Gasteiger partial charge in [0.2, 0.25) is 5.88 Å². The van der Waals surface area contributed by atoms with Crippen molar-refractivity contribution >= 4 is 23.1 Å². The average molecular weight is 381 g/mol. The predicted molar refractivity (Wildman–Crippen MR) is 109 cm³/mol. The summed E-state index contributed by atoms with van der Waals surface area (Å²) in [5.74, 6) is 1.63. The fraction of sp³-hybridized carbons (Fsp3) is 0.238. The maximum absolute atomic E-state index is 6.21. The zero-order valence-corrected chi connectivity index (χ0v) is 16.1. The summed E-state index contributed by atoms with van der Waals surface area (Å²) in [7, 11) is 0. The largest absolute Gasteiger partial charge is 0.438 e. The Balaban J connectivity index is 1.89. The van der Waals surface area contributed by atoms with E-state index in [2.05, 4.69) is 46.9 Å². The lowest BCUT2D eigenvalue weighted by molar-refractivity contribution is 0.433. The third-order valence-corrected chi connectivity index (χ3v) is 5.27. The number of aromatic nitrogens is 2. The van der Waals surface area contributed by atoms with E-state index in [1.165, 1.54) is 6.33 Å². The van der Waals surface area contributed by atoms with Crippen LogP contribution in [0.15, 0.2) is 48.8 Å². The molecule has 2 heterocycles. The number of halogens is 1. The molecule has 1 aliphatic rings. The van der Waals surface area contributed by atoms with Crippen LogP contribution in [0.1, 0.15) is 36.5 Å². The van der Waals surface area contributed by atoms with Crippen LogP contribution in [0.5, 0.6) is 11.6 Å². The third kappa shape index (κ3) is 3.08. The molecule has 138 valence electrons. The normalized spacial score (nSPS) is 14.9. The van der Waals surface area contributed by atoms with Crippen molar-refractivity contribution < 1.29 is 4.74 Å². The SMILES string of the molecule is CCN(CC)c1ccc2c(c1)Oc1ncnc(N)c1C2c1ccc(Cl)cc1. The minimum absolute atomic E-state index is 0.104. The zero-order chi connectivity index (χ0) is 19.0. The van der Waals surface area contributed by atoms with Crippen LogP contribution in [0.4, 0.5) is 11.5 Å². The Kier molecular flexibility index (Phi) is 4.62. The van der Waals surface area contributed by atoms with E-state index in [4.69, 9.17) is 22.1 Å². The molecule has 2 N–H and O–H groups in total. The molecule has 1 unspecified atom stereocenters. The molecule has 4 rings (SSSR count). The number of hydrogen-bond acceptors (Lipinski definition) is 5. The minimum atomic E-state index is -0.104. The Bertz CT molecular complexity index is 970. The van der Waals surface area contributed by atoms with Crippen molar-refractivity contribution in [2.24, 2.45) is 0 Å². The Hall–Kier alpha value is -2.79. The number of benzene rings is 2. The van der Waals surface area contributed by atoms with Gasteiger partial charge in [-0.25, -0.2) is 9.97 Å². The summed E-state index contributed by atoms with van der Waals surface area (Å²) in [5.41, 5.74) is 10.2. The average Bonchev–Trinajstić information content (AvgIpc) is 2.68. The van der Waals surface area contributed by atoms with E-state index >= 15 is 0 Å². The van der Waals surface area contributed by atoms with E-state index in [1.807, 2.05) is 24.3 Å². The van der Waals surface area contributed by atoms with Crippen molar-refractivity contribution in [3.63, 3.8) is 0 Å². The summed E-state index contributed by atoms with van der Waals surface area (Å²) in [4.78, 5) is 10.8. The van der Waals surface area contributed by atoms with Gasteiger partial charge in [0.15, 0.2) is 0 Å². The van der Waals surface area contributed by atoms with Gasteiger partial charge >= 0.3 is 0 Å². The van der Waals surface area contributed by atoms with Crippen LogP contribution in [0.2, 0.25) is 5.02 Å². The van der Waals surface area contributed by atoms with Gasteiger partial charge in [0.25, 0.3) is 0 Å². The van der Waals surface area contributed by atoms with Crippen LogP contribution in [0, 0.1) is 0 Å². The van der Waals surface area contributed by atoms with E-state index in [0.717, 1.165) is 41.2 Å². The second-order valence-corrected chi connectivity index (χ2v) is 6.90. The smallest absolute Gasteiger partial charge is 0.228 e. The fourth-order valence-electron chi connectivity index (χ4n) is 3.64. The van der Waals surface area contributed by atoms with Crippen LogP contribution < -0.4 is 15.4 Å². The van der Waals surface area contributed by atoms with Gasteiger partial charge in [-0.3, -0.25) is 0 Å². The molecule has 0 amide bonds. The van der Waals surface area contributed by atoms with Gasteiger partial charge < -0.3 is 15.4 Å². The Morgan fingerprint density at radius 1 is 1.07 bits per heavy atom. The van der Waals surface area contributed by atoms with Crippen LogP contribution in [0.3, 0.4) is 0 Å². The molecular formula is C21H21ClN4O. The van der Waals surface area contributed by atoms with Gasteiger partial charge in [0, 0.05) is 41.3 Å². The summed E-state index contributed by atoms with van der Waals surface area (Å²) in [6, 6.07) is 14.1. The first-order valence-corrected chi connectivity index (χ1v) is 9.42. The molecule has 27 heavy (non-hydrogen) atoms. The highest BCUT2D eigenvalue weighted by Gasteiger charge is 2.32. The van der Waals surface area contributed by atoms with Gasteiger partial charge in [-0.1, -0.05) is 29.8 Å². The molecule has 0 aliphatic carbocycles. The van der Waals surface area contributed by atoms with Crippen LogP contribution in [-0.2, 0) is 0 Å². The highest BCUT2D eigenvalue weighted by Crippen LogP contribution is 2.49. The Labute approximate surface area is 163 Å². The number of rotatable bonds is 4. The van der Waals surface area contributed by atoms with Crippen molar-refractivity contribution in [1.82, 2.24) is 9.97 Å².